The molecule has 46 heavy (non-hydrogen) atoms. The highest BCUT2D eigenvalue weighted by atomic mass is 32.2. The van der Waals surface area contributed by atoms with E-state index in [0.717, 1.165) is 43.1 Å². The van der Waals surface area contributed by atoms with E-state index in [4.69, 9.17) is 0 Å². The third kappa shape index (κ3) is 8.04. The van der Waals surface area contributed by atoms with Crippen LogP contribution in [0.3, 0.4) is 0 Å². The number of nitrogens with zero attached hydrogens (tertiary/aromatic N) is 5. The van der Waals surface area contributed by atoms with Gasteiger partial charge in [0, 0.05) is 93.1 Å². The number of likely N-dealkylation sites (tertiary alicyclic amines) is 1. The number of aliphatic hydroxyl groups excluding tert-OH is 1. The molecule has 2 N–H and O–H groups in total. The van der Waals surface area contributed by atoms with E-state index in [1.54, 1.807) is 30.5 Å². The number of hydrogen-bond donors (Lipinski definition) is 2. The first-order valence-electron chi connectivity index (χ1n) is 16.0. The van der Waals surface area contributed by atoms with Crippen molar-refractivity contribution in [1.29, 1.82) is 0 Å². The first kappa shape index (κ1) is 33.2. The molecule has 0 aliphatic carbocycles. The Morgan fingerprint density at radius 1 is 0.957 bits per heavy atom. The van der Waals surface area contributed by atoms with Gasteiger partial charge in [0.05, 0.1) is 24.3 Å². The first-order valence-corrected chi connectivity index (χ1v) is 17.0. The predicted octanol–water partition coefficient (Wildman–Crippen LogP) is 5.00. The number of benzene rings is 2. The lowest BCUT2D eigenvalue weighted by atomic mass is 9.91. The van der Waals surface area contributed by atoms with Gasteiger partial charge in [-0.1, -0.05) is 6.07 Å². The number of piperazine rings is 1. The van der Waals surface area contributed by atoms with Gasteiger partial charge in [-0.05, 0) is 60.9 Å². The summed E-state index contributed by atoms with van der Waals surface area (Å²) in [5.74, 6) is 0.148. The highest BCUT2D eigenvalue weighted by molar-refractivity contribution is 7.99. The van der Waals surface area contributed by atoms with Crippen LogP contribution in [-0.4, -0.2) is 110 Å². The molecule has 13 heteroatoms. The van der Waals surface area contributed by atoms with Crippen LogP contribution in [0, 0.1) is 11.7 Å². The van der Waals surface area contributed by atoms with Gasteiger partial charge in [0.25, 0.3) is 0 Å². The zero-order valence-electron chi connectivity index (χ0n) is 25.7. The van der Waals surface area contributed by atoms with Crippen molar-refractivity contribution in [3.63, 3.8) is 0 Å². The second-order valence-corrected chi connectivity index (χ2v) is 13.6. The minimum atomic E-state index is -4.47. The van der Waals surface area contributed by atoms with Crippen molar-refractivity contribution in [2.75, 3.05) is 76.1 Å². The van der Waals surface area contributed by atoms with Gasteiger partial charge in [0.2, 0.25) is 0 Å². The number of hydrazine groups is 1. The maximum Gasteiger partial charge on any atom is 0.417 e. The molecule has 2 unspecified atom stereocenters. The van der Waals surface area contributed by atoms with Crippen molar-refractivity contribution < 1.29 is 27.1 Å². The molecule has 0 bridgehead atoms. The predicted molar refractivity (Wildman–Crippen MR) is 171 cm³/mol. The van der Waals surface area contributed by atoms with E-state index in [0.29, 0.717) is 57.9 Å². The molecule has 3 fully saturated rings. The van der Waals surface area contributed by atoms with Crippen LogP contribution in [0.2, 0.25) is 0 Å². The van der Waals surface area contributed by atoms with E-state index >= 15 is 0 Å². The van der Waals surface area contributed by atoms with Crippen LogP contribution in [0.25, 0.3) is 0 Å². The van der Waals surface area contributed by atoms with Gasteiger partial charge in [-0.2, -0.15) is 13.2 Å². The van der Waals surface area contributed by atoms with Gasteiger partial charge in [0.15, 0.2) is 0 Å². The number of alkyl halides is 4. The number of anilines is 1. The monoisotopic (exact) mass is 664 g/mol. The Balaban J connectivity index is 1.08. The average Bonchev–Trinajstić information content (AvgIpc) is 3.40. The van der Waals surface area contributed by atoms with Gasteiger partial charge in [-0.15, -0.1) is 11.8 Å². The standard InChI is InChI=1S/C33H41F5N6OS/c34-24-2-4-26(5-3-24)43-15-13-42(14-16-43)21-27(45)22-44-30-7-10-39-20-28(30)32(40-44)23-1-6-29(33(36,37)38)31(19-23)46-18-17-41-11-8-25(35)9-12-41/h1-7,10,19,25,27-28,32,40,45H,8-9,11-18,20-22H2/t27-,28?,32?/m0/s1. The molecule has 0 saturated carbocycles. The summed E-state index contributed by atoms with van der Waals surface area (Å²) >= 11 is 1.19. The Kier molecular flexibility index (Phi) is 10.5. The summed E-state index contributed by atoms with van der Waals surface area (Å²) in [4.78, 5) is 11.2. The molecule has 2 aromatic rings. The van der Waals surface area contributed by atoms with E-state index in [9.17, 15) is 27.1 Å². The molecule has 4 heterocycles. The number of β-amino-alcohol motifs (C(OH)–C–C–N with tert-alkyl or cyclic N) is 1. The molecule has 4 aliphatic rings. The Morgan fingerprint density at radius 3 is 2.41 bits per heavy atom. The molecule has 6 rings (SSSR count). The number of rotatable bonds is 10. The molecule has 7 nitrogen and oxygen atoms in total. The fourth-order valence-corrected chi connectivity index (χ4v) is 7.92. The van der Waals surface area contributed by atoms with Crippen LogP contribution in [0.15, 0.2) is 64.1 Å². The maximum atomic E-state index is 14.0. The Bertz CT molecular complexity index is 1380. The van der Waals surface area contributed by atoms with Gasteiger partial charge < -0.3 is 19.9 Å². The van der Waals surface area contributed by atoms with Crippen molar-refractivity contribution in [2.45, 2.75) is 42.2 Å². The molecule has 3 saturated heterocycles. The molecule has 0 spiro atoms. The van der Waals surface area contributed by atoms with Gasteiger partial charge in [-0.3, -0.25) is 9.89 Å². The quantitative estimate of drug-likeness (QED) is 0.274. The molecule has 250 valence electrons. The molecule has 0 aromatic heterocycles. The van der Waals surface area contributed by atoms with Crippen molar-refractivity contribution in [3.8, 4) is 0 Å². The van der Waals surface area contributed by atoms with Gasteiger partial charge >= 0.3 is 6.18 Å². The fraction of sp³-hybridized carbons (Fsp3) is 0.545. The minimum Gasteiger partial charge on any atom is -0.390 e. The summed E-state index contributed by atoms with van der Waals surface area (Å²) in [5.41, 5.74) is 5.52. The highest BCUT2D eigenvalue weighted by Crippen LogP contribution is 2.42. The van der Waals surface area contributed by atoms with Crippen molar-refractivity contribution >= 4 is 23.7 Å². The van der Waals surface area contributed by atoms with Crippen molar-refractivity contribution in [1.82, 2.24) is 20.2 Å². The smallest absolute Gasteiger partial charge is 0.390 e. The average molecular weight is 665 g/mol. The highest BCUT2D eigenvalue weighted by Gasteiger charge is 2.40. The number of aliphatic imine (C=N–C) groups is 1. The molecule has 0 amide bonds. The fourth-order valence-electron chi connectivity index (χ4n) is 6.79. The van der Waals surface area contributed by atoms with E-state index in [2.05, 4.69) is 25.1 Å². The van der Waals surface area contributed by atoms with Crippen molar-refractivity contribution in [2.24, 2.45) is 10.9 Å². The number of allylic oxidation sites excluding steroid dienone is 1. The van der Waals surface area contributed by atoms with Crippen LogP contribution >= 0.6 is 11.8 Å². The Morgan fingerprint density at radius 2 is 1.70 bits per heavy atom. The minimum absolute atomic E-state index is 0.0759. The Hall–Kier alpha value is -2.71. The number of halogens is 5. The molecule has 0 radical (unpaired) electrons. The van der Waals surface area contributed by atoms with E-state index in [-0.39, 0.29) is 22.7 Å². The van der Waals surface area contributed by atoms with Crippen LogP contribution in [0.1, 0.15) is 30.0 Å². The number of dihydropyridines is 1. The second-order valence-electron chi connectivity index (χ2n) is 12.5. The molecule has 2 aromatic carbocycles. The summed E-state index contributed by atoms with van der Waals surface area (Å²) < 4.78 is 68.8. The molecular formula is C33H41F5N6OS. The summed E-state index contributed by atoms with van der Waals surface area (Å²) in [5, 5.41) is 13.0. The van der Waals surface area contributed by atoms with Gasteiger partial charge in [0.1, 0.15) is 12.0 Å². The zero-order chi connectivity index (χ0) is 32.3. The summed E-state index contributed by atoms with van der Waals surface area (Å²) in [6.07, 6.45) is -1.33. The first-order chi connectivity index (χ1) is 22.1. The van der Waals surface area contributed by atoms with Crippen LogP contribution in [-0.2, 0) is 6.18 Å². The molecule has 3 atom stereocenters. The normalized spacial score (nSPS) is 23.9. The number of piperidine rings is 1. The Labute approximate surface area is 271 Å². The molecular weight excluding hydrogens is 623 g/mol. The number of hydrogen-bond acceptors (Lipinski definition) is 8. The number of aliphatic hydroxyl groups is 1. The van der Waals surface area contributed by atoms with E-state index in [1.165, 1.54) is 30.0 Å². The van der Waals surface area contributed by atoms with Crippen LogP contribution in [0.5, 0.6) is 0 Å². The summed E-state index contributed by atoms with van der Waals surface area (Å²) in [6, 6.07) is 10.6. The topological polar surface area (TPSA) is 57.6 Å². The van der Waals surface area contributed by atoms with E-state index in [1.807, 2.05) is 11.1 Å². The lowest BCUT2D eigenvalue weighted by Gasteiger charge is -2.37. The molecule has 4 aliphatic heterocycles. The third-order valence-electron chi connectivity index (χ3n) is 9.32. The number of thioether (sulfide) groups is 1. The van der Waals surface area contributed by atoms with Crippen LogP contribution < -0.4 is 10.3 Å². The van der Waals surface area contributed by atoms with Crippen LogP contribution in [0.4, 0.5) is 27.6 Å². The van der Waals surface area contributed by atoms with Gasteiger partial charge in [-0.25, -0.2) is 14.2 Å². The largest absolute Gasteiger partial charge is 0.417 e. The lowest BCUT2D eigenvalue weighted by Crippen LogP contribution is -2.50. The summed E-state index contributed by atoms with van der Waals surface area (Å²) in [6.45, 7) is 6.25. The third-order valence-corrected chi connectivity index (χ3v) is 10.4. The number of fused-ring (bicyclic) bond motifs is 1. The zero-order valence-corrected chi connectivity index (χ0v) is 26.5. The SMILES string of the molecule is O[C@@H](CN1CCN(c2ccc(F)cc2)CC1)CN1NC(c2ccc(C(F)(F)F)c(SCCN3CCC(F)CC3)c2)C2CN=CC=C21. The van der Waals surface area contributed by atoms with E-state index < -0.39 is 24.0 Å². The van der Waals surface area contributed by atoms with Crippen molar-refractivity contribution in [3.05, 3.63) is 71.2 Å². The lowest BCUT2D eigenvalue weighted by molar-refractivity contribution is -0.139. The maximum absolute atomic E-state index is 14.0. The summed E-state index contributed by atoms with van der Waals surface area (Å²) in [7, 11) is 0. The number of nitrogens with one attached hydrogen (secondary N) is 1. The second kappa shape index (κ2) is 14.6.